The number of rotatable bonds is 5. The zero-order chi connectivity index (χ0) is 23.1. The highest BCUT2D eigenvalue weighted by Gasteiger charge is 2.30. The van der Waals surface area contributed by atoms with Crippen LogP contribution in [0, 0.1) is 0 Å². The number of fused-ring (bicyclic) bond motifs is 1. The topological polar surface area (TPSA) is 95.1 Å². The Morgan fingerprint density at radius 2 is 2.00 bits per heavy atom. The third-order valence-electron chi connectivity index (χ3n) is 5.68. The van der Waals surface area contributed by atoms with E-state index >= 15 is 0 Å². The minimum absolute atomic E-state index is 0. The number of nitrogens with zero attached hydrogens (tertiary/aromatic N) is 2. The van der Waals surface area contributed by atoms with Gasteiger partial charge in [-0.05, 0) is 58.6 Å². The Labute approximate surface area is 214 Å². The first kappa shape index (κ1) is 27.2. The predicted molar refractivity (Wildman–Crippen MR) is 142 cm³/mol. The monoisotopic (exact) mass is 571 g/mol. The Balaban J connectivity index is 0.00000385. The number of carbonyl (C=O) groups excluding carboxylic acids is 2. The Bertz CT molecular complexity index is 840. The minimum Gasteiger partial charge on any atom is -0.444 e. The number of aliphatic imine (C=N–C) groups is 1. The summed E-state index contributed by atoms with van der Waals surface area (Å²) in [7, 11) is 0. The van der Waals surface area contributed by atoms with Crippen LogP contribution in [-0.4, -0.2) is 60.7 Å². The molecule has 8 nitrogen and oxygen atoms in total. The number of halogens is 1. The molecule has 2 aliphatic rings. The van der Waals surface area contributed by atoms with Crippen LogP contribution < -0.4 is 16.0 Å². The zero-order valence-corrected chi connectivity index (χ0v) is 22.5. The second-order valence-corrected chi connectivity index (χ2v) is 9.46. The van der Waals surface area contributed by atoms with E-state index < -0.39 is 5.60 Å². The fraction of sp³-hybridized carbons (Fsp3) is 0.625. The van der Waals surface area contributed by atoms with Gasteiger partial charge in [-0.15, -0.1) is 24.0 Å². The van der Waals surface area contributed by atoms with E-state index in [9.17, 15) is 9.59 Å². The van der Waals surface area contributed by atoms with Gasteiger partial charge in [-0.1, -0.05) is 18.2 Å². The summed E-state index contributed by atoms with van der Waals surface area (Å²) in [6, 6.07) is 7.96. The third kappa shape index (κ3) is 8.04. The average molecular weight is 572 g/mol. The molecule has 1 aromatic rings. The van der Waals surface area contributed by atoms with Gasteiger partial charge in [0.05, 0.1) is 12.6 Å². The number of guanidine groups is 1. The van der Waals surface area contributed by atoms with E-state index in [1.54, 1.807) is 0 Å². The molecule has 0 spiro atoms. The maximum Gasteiger partial charge on any atom is 0.410 e. The molecule has 2 unspecified atom stereocenters. The van der Waals surface area contributed by atoms with Crippen LogP contribution in [0.15, 0.2) is 29.3 Å². The lowest BCUT2D eigenvalue weighted by Gasteiger charge is -2.37. The summed E-state index contributed by atoms with van der Waals surface area (Å²) in [6.45, 7) is 10.3. The normalized spacial score (nSPS) is 20.8. The molecule has 3 rings (SSSR count). The van der Waals surface area contributed by atoms with Crippen LogP contribution in [-0.2, 0) is 9.53 Å². The summed E-state index contributed by atoms with van der Waals surface area (Å²) in [5.41, 5.74) is 1.48. The number of amides is 2. The summed E-state index contributed by atoms with van der Waals surface area (Å²) >= 11 is 0. The van der Waals surface area contributed by atoms with Gasteiger partial charge in [-0.25, -0.2) is 4.79 Å². The van der Waals surface area contributed by atoms with E-state index in [-0.39, 0.29) is 47.9 Å². The van der Waals surface area contributed by atoms with E-state index in [1.807, 2.05) is 50.8 Å². The van der Waals surface area contributed by atoms with Gasteiger partial charge in [-0.2, -0.15) is 0 Å². The molecular weight excluding hydrogens is 533 g/mol. The van der Waals surface area contributed by atoms with Gasteiger partial charge in [0.25, 0.3) is 0 Å². The molecule has 2 atom stereocenters. The Kier molecular flexibility index (Phi) is 10.2. The van der Waals surface area contributed by atoms with E-state index in [1.165, 1.54) is 0 Å². The van der Waals surface area contributed by atoms with Crippen LogP contribution >= 0.6 is 24.0 Å². The Morgan fingerprint density at radius 3 is 2.73 bits per heavy atom. The molecule has 1 aromatic carbocycles. The number of ether oxygens (including phenoxy) is 1. The molecule has 1 saturated heterocycles. The fourth-order valence-electron chi connectivity index (χ4n) is 4.20. The molecule has 2 aliphatic heterocycles. The standard InChI is InChI=1S/C24H37N5O3.HI/c1-5-25-22(26-15-17-14-21(30)28-20-12-7-6-11-19(17)20)27-16-18-10-8-9-13-29(18)23(31)32-24(2,3)4;/h6-7,11-12,17-18H,5,8-10,13-16H2,1-4H3,(H,28,30)(H2,25,26,27);1H. The van der Waals surface area contributed by atoms with E-state index in [2.05, 4.69) is 22.0 Å². The van der Waals surface area contributed by atoms with Crippen LogP contribution in [0.1, 0.15) is 64.9 Å². The van der Waals surface area contributed by atoms with Gasteiger partial charge < -0.3 is 25.6 Å². The number of hydrogen-bond acceptors (Lipinski definition) is 4. The Hall–Kier alpha value is -2.04. The number of benzene rings is 1. The highest BCUT2D eigenvalue weighted by atomic mass is 127. The van der Waals surface area contributed by atoms with Gasteiger partial charge in [0, 0.05) is 37.7 Å². The highest BCUT2D eigenvalue weighted by Crippen LogP contribution is 2.32. The van der Waals surface area contributed by atoms with Crippen molar-refractivity contribution in [1.29, 1.82) is 0 Å². The first-order valence-electron chi connectivity index (χ1n) is 11.7. The van der Waals surface area contributed by atoms with Crippen LogP contribution in [0.25, 0.3) is 0 Å². The number of anilines is 1. The van der Waals surface area contributed by atoms with E-state index in [0.717, 1.165) is 37.1 Å². The summed E-state index contributed by atoms with van der Waals surface area (Å²) in [4.78, 5) is 31.4. The van der Waals surface area contributed by atoms with Crippen molar-refractivity contribution in [2.45, 2.75) is 70.9 Å². The fourth-order valence-corrected chi connectivity index (χ4v) is 4.20. The van der Waals surface area contributed by atoms with Crippen molar-refractivity contribution in [2.24, 2.45) is 4.99 Å². The van der Waals surface area contributed by atoms with Gasteiger partial charge in [-0.3, -0.25) is 9.79 Å². The summed E-state index contributed by atoms with van der Waals surface area (Å²) in [6.07, 6.45) is 3.19. The van der Waals surface area contributed by atoms with Gasteiger partial charge in [0.1, 0.15) is 5.60 Å². The molecule has 2 heterocycles. The SMILES string of the molecule is CCNC(=NCC1CC(=O)Nc2ccccc21)NCC1CCCCN1C(=O)OC(C)(C)C.I. The largest absolute Gasteiger partial charge is 0.444 e. The number of likely N-dealkylation sites (tertiary alicyclic amines) is 1. The number of piperidine rings is 1. The number of para-hydroxylation sites is 1. The predicted octanol–water partition coefficient (Wildman–Crippen LogP) is 4.08. The van der Waals surface area contributed by atoms with Gasteiger partial charge >= 0.3 is 6.09 Å². The maximum absolute atomic E-state index is 12.7. The van der Waals surface area contributed by atoms with Crippen LogP contribution in [0.2, 0.25) is 0 Å². The first-order chi connectivity index (χ1) is 15.3. The number of nitrogens with one attached hydrogen (secondary N) is 3. The smallest absolute Gasteiger partial charge is 0.410 e. The summed E-state index contributed by atoms with van der Waals surface area (Å²) < 4.78 is 5.61. The van der Waals surface area contributed by atoms with Crippen LogP contribution in [0.4, 0.5) is 10.5 Å². The molecule has 33 heavy (non-hydrogen) atoms. The van der Waals surface area contributed by atoms with Gasteiger partial charge in [0.15, 0.2) is 5.96 Å². The van der Waals surface area contributed by atoms with E-state index in [0.29, 0.717) is 32.0 Å². The molecule has 1 fully saturated rings. The lowest BCUT2D eigenvalue weighted by molar-refractivity contribution is -0.116. The van der Waals surface area contributed by atoms with Crippen LogP contribution in [0.3, 0.4) is 0 Å². The maximum atomic E-state index is 12.7. The van der Waals surface area contributed by atoms with Crippen molar-refractivity contribution in [3.8, 4) is 0 Å². The quantitative estimate of drug-likeness (QED) is 0.282. The third-order valence-corrected chi connectivity index (χ3v) is 5.68. The van der Waals surface area contributed by atoms with Crippen molar-refractivity contribution < 1.29 is 14.3 Å². The molecule has 0 saturated carbocycles. The molecule has 0 bridgehead atoms. The minimum atomic E-state index is -0.508. The van der Waals surface area contributed by atoms with Crippen molar-refractivity contribution in [2.75, 3.05) is 31.5 Å². The molecule has 0 radical (unpaired) electrons. The van der Waals surface area contributed by atoms with Crippen molar-refractivity contribution >= 4 is 47.6 Å². The molecule has 9 heteroatoms. The summed E-state index contributed by atoms with van der Waals surface area (Å²) in [5.74, 6) is 0.770. The first-order valence-corrected chi connectivity index (χ1v) is 11.7. The van der Waals surface area contributed by atoms with Gasteiger partial charge in [0.2, 0.25) is 5.91 Å². The zero-order valence-electron chi connectivity index (χ0n) is 20.1. The average Bonchev–Trinajstić information content (AvgIpc) is 2.74. The summed E-state index contributed by atoms with van der Waals surface area (Å²) in [5, 5.41) is 9.62. The number of hydrogen-bond donors (Lipinski definition) is 3. The second kappa shape index (κ2) is 12.4. The Morgan fingerprint density at radius 1 is 1.24 bits per heavy atom. The van der Waals surface area contributed by atoms with Crippen molar-refractivity contribution in [3.05, 3.63) is 29.8 Å². The molecule has 2 amide bonds. The molecule has 3 N–H and O–H groups in total. The lowest BCUT2D eigenvalue weighted by Crippen LogP contribution is -2.52. The lowest BCUT2D eigenvalue weighted by atomic mass is 9.91. The highest BCUT2D eigenvalue weighted by molar-refractivity contribution is 14.0. The molecule has 0 aromatic heterocycles. The number of carbonyl (C=O) groups is 2. The molecular formula is C24H38IN5O3. The van der Waals surface area contributed by atoms with Crippen molar-refractivity contribution in [3.63, 3.8) is 0 Å². The van der Waals surface area contributed by atoms with E-state index in [4.69, 9.17) is 9.73 Å². The van der Waals surface area contributed by atoms with Crippen LogP contribution in [0.5, 0.6) is 0 Å². The molecule has 0 aliphatic carbocycles. The van der Waals surface area contributed by atoms with Crippen molar-refractivity contribution in [1.82, 2.24) is 15.5 Å². The molecule has 184 valence electrons. The second-order valence-electron chi connectivity index (χ2n) is 9.46.